The van der Waals surface area contributed by atoms with Crippen molar-refractivity contribution in [1.29, 1.82) is 0 Å². The van der Waals surface area contributed by atoms with Gasteiger partial charge in [-0.1, -0.05) is 6.07 Å². The maximum Gasteiger partial charge on any atom is 0.409 e. The fraction of sp³-hybridized carbons (Fsp3) is 0.143. The standard InChI is InChI=1S/C14H13NO4S/c1-19-11-3-2-9(12(7-11)15-14(17)18)6-13(16)10-4-5-20-8-10/h2-5,7-8,15H,6H2,1H3,(H,17,18). The highest BCUT2D eigenvalue weighted by molar-refractivity contribution is 7.08. The maximum absolute atomic E-state index is 12.1. The van der Waals surface area contributed by atoms with E-state index in [1.165, 1.54) is 18.4 Å². The van der Waals surface area contributed by atoms with Crippen LogP contribution in [0.15, 0.2) is 35.0 Å². The van der Waals surface area contributed by atoms with Crippen molar-refractivity contribution in [2.24, 2.45) is 0 Å². The van der Waals surface area contributed by atoms with Crippen molar-refractivity contribution in [3.8, 4) is 5.75 Å². The molecule has 1 heterocycles. The summed E-state index contributed by atoms with van der Waals surface area (Å²) in [5, 5.41) is 14.7. The Bertz CT molecular complexity index is 622. The van der Waals surface area contributed by atoms with E-state index in [1.54, 1.807) is 29.6 Å². The van der Waals surface area contributed by atoms with Gasteiger partial charge in [0.25, 0.3) is 0 Å². The third-order valence-corrected chi connectivity index (χ3v) is 3.44. The van der Waals surface area contributed by atoms with Crippen molar-refractivity contribution in [3.05, 3.63) is 46.2 Å². The zero-order valence-corrected chi connectivity index (χ0v) is 11.6. The van der Waals surface area contributed by atoms with Crippen LogP contribution in [-0.4, -0.2) is 24.1 Å². The molecule has 1 amide bonds. The zero-order chi connectivity index (χ0) is 14.5. The van der Waals surface area contributed by atoms with Gasteiger partial charge >= 0.3 is 6.09 Å². The highest BCUT2D eigenvalue weighted by Crippen LogP contribution is 2.24. The molecule has 1 aromatic heterocycles. The van der Waals surface area contributed by atoms with Crippen LogP contribution in [0.25, 0.3) is 0 Å². The first-order chi connectivity index (χ1) is 9.60. The summed E-state index contributed by atoms with van der Waals surface area (Å²) < 4.78 is 5.05. The van der Waals surface area contributed by atoms with E-state index < -0.39 is 6.09 Å². The lowest BCUT2D eigenvalue weighted by Gasteiger charge is -2.10. The minimum Gasteiger partial charge on any atom is -0.497 e. The van der Waals surface area contributed by atoms with E-state index in [1.807, 2.05) is 5.38 Å². The first kappa shape index (κ1) is 14.1. The highest BCUT2D eigenvalue weighted by atomic mass is 32.1. The molecular weight excluding hydrogens is 278 g/mol. The van der Waals surface area contributed by atoms with E-state index >= 15 is 0 Å². The van der Waals surface area contributed by atoms with Crippen molar-refractivity contribution in [2.45, 2.75) is 6.42 Å². The van der Waals surface area contributed by atoms with Gasteiger partial charge in [-0.05, 0) is 23.1 Å². The number of nitrogens with one attached hydrogen (secondary N) is 1. The monoisotopic (exact) mass is 291 g/mol. The second-order valence-electron chi connectivity index (χ2n) is 4.07. The molecule has 2 N–H and O–H groups in total. The molecular formula is C14H13NO4S. The van der Waals surface area contributed by atoms with Crippen molar-refractivity contribution in [1.82, 2.24) is 0 Å². The average molecular weight is 291 g/mol. The predicted octanol–water partition coefficient (Wildman–Crippen LogP) is 3.27. The van der Waals surface area contributed by atoms with Gasteiger partial charge in [0.05, 0.1) is 12.8 Å². The van der Waals surface area contributed by atoms with Crippen LogP contribution in [0.1, 0.15) is 15.9 Å². The van der Waals surface area contributed by atoms with Gasteiger partial charge < -0.3 is 9.84 Å². The SMILES string of the molecule is COc1ccc(CC(=O)c2ccsc2)c(NC(=O)O)c1. The van der Waals surface area contributed by atoms with E-state index in [0.29, 0.717) is 22.6 Å². The highest BCUT2D eigenvalue weighted by Gasteiger charge is 2.13. The summed E-state index contributed by atoms with van der Waals surface area (Å²) in [5.74, 6) is 0.477. The molecule has 0 radical (unpaired) electrons. The second-order valence-corrected chi connectivity index (χ2v) is 4.85. The van der Waals surface area contributed by atoms with E-state index in [4.69, 9.17) is 9.84 Å². The molecule has 0 unspecified atom stereocenters. The number of rotatable bonds is 5. The summed E-state index contributed by atoms with van der Waals surface area (Å²) >= 11 is 1.45. The number of hydrogen-bond acceptors (Lipinski definition) is 4. The fourth-order valence-electron chi connectivity index (χ4n) is 1.77. The van der Waals surface area contributed by atoms with E-state index in [-0.39, 0.29) is 12.2 Å². The third kappa shape index (κ3) is 3.36. The molecule has 0 aliphatic rings. The minimum absolute atomic E-state index is 0.0511. The topological polar surface area (TPSA) is 75.6 Å². The predicted molar refractivity (Wildman–Crippen MR) is 77.0 cm³/mol. The van der Waals surface area contributed by atoms with Crippen LogP contribution in [-0.2, 0) is 6.42 Å². The molecule has 5 nitrogen and oxygen atoms in total. The smallest absolute Gasteiger partial charge is 0.409 e. The Balaban J connectivity index is 2.26. The number of ether oxygens (including phenoxy) is 1. The molecule has 2 aromatic rings. The summed E-state index contributed by atoms with van der Waals surface area (Å²) in [6, 6.07) is 6.70. The number of ketones is 1. The summed E-state index contributed by atoms with van der Waals surface area (Å²) in [7, 11) is 1.50. The van der Waals surface area contributed by atoms with Gasteiger partial charge in [0.2, 0.25) is 0 Å². The second kappa shape index (κ2) is 6.21. The van der Waals surface area contributed by atoms with Gasteiger partial charge in [-0.15, -0.1) is 0 Å². The number of anilines is 1. The molecule has 0 spiro atoms. The van der Waals surface area contributed by atoms with Gasteiger partial charge in [-0.25, -0.2) is 4.79 Å². The minimum atomic E-state index is -1.18. The lowest BCUT2D eigenvalue weighted by atomic mass is 10.0. The first-order valence-corrected chi connectivity index (χ1v) is 6.76. The summed E-state index contributed by atoms with van der Waals surface area (Å²) in [6.45, 7) is 0. The van der Waals surface area contributed by atoms with E-state index in [0.717, 1.165) is 0 Å². The molecule has 20 heavy (non-hydrogen) atoms. The Morgan fingerprint density at radius 2 is 2.15 bits per heavy atom. The molecule has 0 bridgehead atoms. The van der Waals surface area contributed by atoms with Crippen LogP contribution in [0.4, 0.5) is 10.5 Å². The molecule has 0 fully saturated rings. The van der Waals surface area contributed by atoms with Crippen LogP contribution in [0, 0.1) is 0 Å². The number of Topliss-reactive ketones (excluding diaryl/α,β-unsaturated/α-hetero) is 1. The van der Waals surface area contributed by atoms with Crippen molar-refractivity contribution >= 4 is 28.9 Å². The van der Waals surface area contributed by atoms with Gasteiger partial charge in [-0.3, -0.25) is 10.1 Å². The third-order valence-electron chi connectivity index (χ3n) is 2.75. The van der Waals surface area contributed by atoms with Gasteiger partial charge in [0, 0.05) is 23.4 Å². The summed E-state index contributed by atoms with van der Waals surface area (Å²) in [6.07, 6.45) is -1.04. The largest absolute Gasteiger partial charge is 0.497 e. The Labute approximate surface area is 119 Å². The molecule has 6 heteroatoms. The fourth-order valence-corrected chi connectivity index (χ4v) is 2.43. The van der Waals surface area contributed by atoms with Gasteiger partial charge in [0.15, 0.2) is 5.78 Å². The summed E-state index contributed by atoms with van der Waals surface area (Å²) in [5.41, 5.74) is 1.61. The van der Waals surface area contributed by atoms with Crippen LogP contribution >= 0.6 is 11.3 Å². The average Bonchev–Trinajstić information content (AvgIpc) is 2.94. The van der Waals surface area contributed by atoms with Crippen molar-refractivity contribution in [3.63, 3.8) is 0 Å². The van der Waals surface area contributed by atoms with E-state index in [2.05, 4.69) is 5.32 Å². The first-order valence-electron chi connectivity index (χ1n) is 5.82. The number of carbonyl (C=O) groups excluding carboxylic acids is 1. The molecule has 0 saturated carbocycles. The quantitative estimate of drug-likeness (QED) is 0.829. The number of carboxylic acid groups (broad SMARTS) is 1. The number of methoxy groups -OCH3 is 1. The zero-order valence-electron chi connectivity index (χ0n) is 10.8. The number of hydrogen-bond donors (Lipinski definition) is 2. The van der Waals surface area contributed by atoms with Crippen LogP contribution < -0.4 is 10.1 Å². The lowest BCUT2D eigenvalue weighted by Crippen LogP contribution is -2.11. The number of carbonyl (C=O) groups is 2. The Morgan fingerprint density at radius 3 is 2.75 bits per heavy atom. The van der Waals surface area contributed by atoms with Gasteiger partial charge in [0.1, 0.15) is 5.75 Å². The van der Waals surface area contributed by atoms with Gasteiger partial charge in [-0.2, -0.15) is 11.3 Å². The Hall–Kier alpha value is -2.34. The Morgan fingerprint density at radius 1 is 1.35 bits per heavy atom. The van der Waals surface area contributed by atoms with Crippen LogP contribution in [0.5, 0.6) is 5.75 Å². The molecule has 0 atom stereocenters. The molecule has 2 rings (SSSR count). The van der Waals surface area contributed by atoms with Crippen molar-refractivity contribution < 1.29 is 19.4 Å². The van der Waals surface area contributed by atoms with Crippen molar-refractivity contribution in [2.75, 3.05) is 12.4 Å². The number of amides is 1. The maximum atomic E-state index is 12.1. The Kier molecular flexibility index (Phi) is 4.37. The molecule has 104 valence electrons. The number of benzene rings is 1. The van der Waals surface area contributed by atoms with Crippen LogP contribution in [0.3, 0.4) is 0 Å². The molecule has 1 aromatic carbocycles. The normalized spacial score (nSPS) is 10.1. The summed E-state index contributed by atoms with van der Waals surface area (Å²) in [4.78, 5) is 22.9. The van der Waals surface area contributed by atoms with E-state index in [9.17, 15) is 9.59 Å². The number of thiophene rings is 1. The van der Waals surface area contributed by atoms with Crippen LogP contribution in [0.2, 0.25) is 0 Å². The molecule has 0 saturated heterocycles. The lowest BCUT2D eigenvalue weighted by molar-refractivity contribution is 0.0993. The molecule has 0 aliphatic heterocycles. The molecule has 0 aliphatic carbocycles.